The van der Waals surface area contributed by atoms with Crippen LogP contribution in [0.3, 0.4) is 0 Å². The minimum absolute atomic E-state index is 0.921. The molecule has 4 rings (SSSR count). The lowest BCUT2D eigenvalue weighted by Crippen LogP contribution is -1.95. The van der Waals surface area contributed by atoms with Gasteiger partial charge in [-0.15, -0.1) is 0 Å². The van der Waals surface area contributed by atoms with Gasteiger partial charge in [-0.25, -0.2) is 4.98 Å². The molecule has 0 radical (unpaired) electrons. The van der Waals surface area contributed by atoms with Gasteiger partial charge in [0.1, 0.15) is 5.82 Å². The second-order valence-electron chi connectivity index (χ2n) is 5.01. The van der Waals surface area contributed by atoms with Crippen LogP contribution in [0.15, 0.2) is 61.2 Å². The second-order valence-corrected chi connectivity index (χ2v) is 5.01. The predicted molar refractivity (Wildman–Crippen MR) is 81.1 cm³/mol. The van der Waals surface area contributed by atoms with E-state index in [4.69, 9.17) is 0 Å². The third-order valence-corrected chi connectivity index (χ3v) is 3.61. The van der Waals surface area contributed by atoms with Crippen LogP contribution in [0, 0.1) is 6.92 Å². The Labute approximate surface area is 116 Å². The van der Waals surface area contributed by atoms with E-state index in [-0.39, 0.29) is 0 Å². The van der Waals surface area contributed by atoms with Gasteiger partial charge in [-0.3, -0.25) is 9.55 Å². The maximum atomic E-state index is 4.58. The van der Waals surface area contributed by atoms with Crippen LogP contribution >= 0.6 is 0 Å². The Kier molecular flexibility index (Phi) is 2.33. The molecule has 1 aromatic carbocycles. The molecule has 0 aliphatic rings. The lowest BCUT2D eigenvalue weighted by Gasteiger charge is -2.06. The highest BCUT2D eigenvalue weighted by Crippen LogP contribution is 2.21. The van der Waals surface area contributed by atoms with Crippen molar-refractivity contribution in [1.82, 2.24) is 14.5 Å². The van der Waals surface area contributed by atoms with E-state index < -0.39 is 0 Å². The Bertz CT molecular complexity index is 922. The van der Waals surface area contributed by atoms with E-state index in [1.54, 1.807) is 0 Å². The van der Waals surface area contributed by atoms with Crippen LogP contribution in [0.25, 0.3) is 27.5 Å². The standard InChI is InChI=1S/C17H13N3/c1-12-2-3-14-9-17(19-10-15(14)8-12)20-7-5-13-4-6-18-11-16(13)20/h2-11H,1H3. The molecular formula is C17H13N3. The summed E-state index contributed by atoms with van der Waals surface area (Å²) in [6.07, 6.45) is 7.65. The van der Waals surface area contributed by atoms with Gasteiger partial charge in [0.2, 0.25) is 0 Å². The van der Waals surface area contributed by atoms with Gasteiger partial charge in [0.15, 0.2) is 0 Å². The van der Waals surface area contributed by atoms with Crippen LogP contribution in [0.1, 0.15) is 5.56 Å². The number of rotatable bonds is 1. The Morgan fingerprint density at radius 3 is 2.80 bits per heavy atom. The van der Waals surface area contributed by atoms with E-state index in [1.165, 1.54) is 21.7 Å². The van der Waals surface area contributed by atoms with Crippen molar-refractivity contribution in [1.29, 1.82) is 0 Å². The number of hydrogen-bond donors (Lipinski definition) is 0. The molecule has 0 spiro atoms. The molecule has 0 N–H and O–H groups in total. The molecule has 20 heavy (non-hydrogen) atoms. The summed E-state index contributed by atoms with van der Waals surface area (Å²) in [5.41, 5.74) is 2.33. The van der Waals surface area contributed by atoms with Gasteiger partial charge in [-0.05, 0) is 36.6 Å². The first-order chi connectivity index (χ1) is 9.81. The van der Waals surface area contributed by atoms with E-state index in [0.29, 0.717) is 0 Å². The topological polar surface area (TPSA) is 30.7 Å². The van der Waals surface area contributed by atoms with Crippen molar-refractivity contribution < 1.29 is 0 Å². The van der Waals surface area contributed by atoms with Crippen molar-refractivity contribution in [3.05, 3.63) is 66.7 Å². The highest BCUT2D eigenvalue weighted by molar-refractivity contribution is 5.85. The monoisotopic (exact) mass is 259 g/mol. The van der Waals surface area contributed by atoms with E-state index in [2.05, 4.69) is 51.8 Å². The van der Waals surface area contributed by atoms with Gasteiger partial charge >= 0.3 is 0 Å². The van der Waals surface area contributed by atoms with Crippen molar-refractivity contribution in [3.8, 4) is 5.82 Å². The molecular weight excluding hydrogens is 246 g/mol. The molecule has 0 aliphatic carbocycles. The zero-order valence-electron chi connectivity index (χ0n) is 11.1. The Balaban J connectivity index is 1.96. The molecule has 3 heteroatoms. The van der Waals surface area contributed by atoms with Gasteiger partial charge < -0.3 is 0 Å². The van der Waals surface area contributed by atoms with Gasteiger partial charge in [0.25, 0.3) is 0 Å². The molecule has 0 unspecified atom stereocenters. The molecule has 0 amide bonds. The third kappa shape index (κ3) is 1.67. The van der Waals surface area contributed by atoms with Gasteiger partial charge in [-0.1, -0.05) is 17.7 Å². The largest absolute Gasteiger partial charge is 0.300 e. The van der Waals surface area contributed by atoms with Crippen LogP contribution in [0.2, 0.25) is 0 Å². The van der Waals surface area contributed by atoms with E-state index in [1.807, 2.05) is 30.9 Å². The SMILES string of the molecule is Cc1ccc2cc(-n3ccc4ccncc43)ncc2c1. The lowest BCUT2D eigenvalue weighted by atomic mass is 10.1. The predicted octanol–water partition coefficient (Wildman–Crippen LogP) is 3.88. The zero-order chi connectivity index (χ0) is 13.5. The molecule has 96 valence electrons. The summed E-state index contributed by atoms with van der Waals surface area (Å²) in [6, 6.07) is 12.6. The van der Waals surface area contributed by atoms with Crippen molar-refractivity contribution in [2.75, 3.05) is 0 Å². The fourth-order valence-corrected chi connectivity index (χ4v) is 2.56. The van der Waals surface area contributed by atoms with Crippen LogP contribution in [-0.4, -0.2) is 14.5 Å². The molecule has 0 bridgehead atoms. The Morgan fingerprint density at radius 2 is 1.85 bits per heavy atom. The summed E-state index contributed by atoms with van der Waals surface area (Å²) in [7, 11) is 0. The van der Waals surface area contributed by atoms with E-state index in [0.717, 1.165) is 11.3 Å². The van der Waals surface area contributed by atoms with Crippen LogP contribution in [0.4, 0.5) is 0 Å². The minimum atomic E-state index is 0.921. The summed E-state index contributed by atoms with van der Waals surface area (Å²) < 4.78 is 2.07. The molecule has 3 heterocycles. The number of nitrogens with zero attached hydrogens (tertiary/aromatic N) is 3. The second kappa shape index (κ2) is 4.17. The van der Waals surface area contributed by atoms with Crippen molar-refractivity contribution in [2.45, 2.75) is 6.92 Å². The van der Waals surface area contributed by atoms with Crippen LogP contribution < -0.4 is 0 Å². The minimum Gasteiger partial charge on any atom is -0.300 e. The molecule has 3 aromatic heterocycles. The molecule has 0 fully saturated rings. The summed E-state index contributed by atoms with van der Waals surface area (Å²) in [5.74, 6) is 0.921. The molecule has 0 saturated heterocycles. The first-order valence-electron chi connectivity index (χ1n) is 6.59. The fourth-order valence-electron chi connectivity index (χ4n) is 2.56. The normalized spacial score (nSPS) is 11.2. The van der Waals surface area contributed by atoms with Gasteiger partial charge in [0, 0.05) is 29.4 Å². The fraction of sp³-hybridized carbons (Fsp3) is 0.0588. The third-order valence-electron chi connectivity index (χ3n) is 3.61. The smallest absolute Gasteiger partial charge is 0.137 e. The average molecular weight is 259 g/mol. The molecule has 0 aliphatic heterocycles. The summed E-state index contributed by atoms with van der Waals surface area (Å²) in [4.78, 5) is 8.77. The Hall–Kier alpha value is -2.68. The number of aromatic nitrogens is 3. The van der Waals surface area contributed by atoms with E-state index >= 15 is 0 Å². The van der Waals surface area contributed by atoms with Crippen molar-refractivity contribution in [2.24, 2.45) is 0 Å². The molecule has 0 saturated carbocycles. The quantitative estimate of drug-likeness (QED) is 0.519. The molecule has 0 atom stereocenters. The van der Waals surface area contributed by atoms with Crippen LogP contribution in [0.5, 0.6) is 0 Å². The summed E-state index contributed by atoms with van der Waals surface area (Å²) >= 11 is 0. The maximum absolute atomic E-state index is 4.58. The Morgan fingerprint density at radius 1 is 0.900 bits per heavy atom. The summed E-state index contributed by atoms with van der Waals surface area (Å²) in [6.45, 7) is 2.10. The zero-order valence-corrected chi connectivity index (χ0v) is 11.1. The maximum Gasteiger partial charge on any atom is 0.137 e. The number of fused-ring (bicyclic) bond motifs is 2. The van der Waals surface area contributed by atoms with Gasteiger partial charge in [0.05, 0.1) is 11.7 Å². The number of hydrogen-bond acceptors (Lipinski definition) is 2. The highest BCUT2D eigenvalue weighted by Gasteiger charge is 2.05. The number of benzene rings is 1. The molecule has 3 nitrogen and oxygen atoms in total. The first-order valence-corrected chi connectivity index (χ1v) is 6.59. The lowest BCUT2D eigenvalue weighted by molar-refractivity contribution is 1.05. The molecule has 4 aromatic rings. The highest BCUT2D eigenvalue weighted by atomic mass is 15.1. The van der Waals surface area contributed by atoms with Gasteiger partial charge in [-0.2, -0.15) is 0 Å². The van der Waals surface area contributed by atoms with Crippen molar-refractivity contribution in [3.63, 3.8) is 0 Å². The van der Waals surface area contributed by atoms with E-state index in [9.17, 15) is 0 Å². The number of aryl methyl sites for hydroxylation is 1. The average Bonchev–Trinajstić information content (AvgIpc) is 2.91. The number of pyridine rings is 2. The first kappa shape index (κ1) is 11.2. The summed E-state index contributed by atoms with van der Waals surface area (Å²) in [5, 5.41) is 3.54. The van der Waals surface area contributed by atoms with Crippen molar-refractivity contribution >= 4 is 21.7 Å². The van der Waals surface area contributed by atoms with Crippen LogP contribution in [-0.2, 0) is 0 Å².